The Morgan fingerprint density at radius 1 is 1.33 bits per heavy atom. The maximum atomic E-state index is 13.3. The molecule has 0 radical (unpaired) electrons. The van der Waals surface area contributed by atoms with Crippen molar-refractivity contribution in [2.75, 3.05) is 0 Å². The monoisotopic (exact) mass is 208 g/mol. The van der Waals surface area contributed by atoms with Crippen LogP contribution in [0, 0.1) is 11.6 Å². The maximum Gasteiger partial charge on any atom is 0.153 e. The van der Waals surface area contributed by atoms with Crippen molar-refractivity contribution in [2.45, 2.75) is 0 Å². The van der Waals surface area contributed by atoms with Crippen LogP contribution in [0.25, 0.3) is 5.69 Å². The lowest BCUT2D eigenvalue weighted by Gasteiger charge is -2.01. The predicted octanol–water partition coefficient (Wildman–Crippen LogP) is 1.96. The summed E-state index contributed by atoms with van der Waals surface area (Å²) >= 11 is 0. The van der Waals surface area contributed by atoms with E-state index in [4.69, 9.17) is 0 Å². The molecule has 5 heteroatoms. The van der Waals surface area contributed by atoms with E-state index >= 15 is 0 Å². The van der Waals surface area contributed by atoms with Crippen LogP contribution in [0.2, 0.25) is 0 Å². The van der Waals surface area contributed by atoms with Gasteiger partial charge in [-0.2, -0.15) is 5.10 Å². The lowest BCUT2D eigenvalue weighted by molar-refractivity contribution is 0.112. The van der Waals surface area contributed by atoms with Crippen LogP contribution in [0.1, 0.15) is 10.4 Å². The van der Waals surface area contributed by atoms with Gasteiger partial charge in [-0.3, -0.25) is 4.79 Å². The molecule has 0 aliphatic heterocycles. The van der Waals surface area contributed by atoms with Gasteiger partial charge in [0.05, 0.1) is 11.8 Å². The largest absolute Gasteiger partial charge is 0.298 e. The van der Waals surface area contributed by atoms with Crippen molar-refractivity contribution in [3.05, 3.63) is 47.8 Å². The van der Waals surface area contributed by atoms with Crippen LogP contribution in [0.4, 0.5) is 8.78 Å². The number of aromatic nitrogens is 2. The first-order valence-electron chi connectivity index (χ1n) is 4.16. The topological polar surface area (TPSA) is 34.9 Å². The molecule has 2 aromatic rings. The highest BCUT2D eigenvalue weighted by atomic mass is 19.1. The normalized spacial score (nSPS) is 10.3. The van der Waals surface area contributed by atoms with E-state index in [-0.39, 0.29) is 5.69 Å². The molecule has 15 heavy (non-hydrogen) atoms. The smallest absolute Gasteiger partial charge is 0.153 e. The van der Waals surface area contributed by atoms with Crippen LogP contribution in [0.15, 0.2) is 30.6 Å². The number of benzene rings is 1. The SMILES string of the molecule is O=Cc1cnn(-c2ccc(F)cc2F)c1. The van der Waals surface area contributed by atoms with Crippen LogP contribution in [-0.4, -0.2) is 16.1 Å². The van der Waals surface area contributed by atoms with Gasteiger partial charge in [-0.05, 0) is 12.1 Å². The molecule has 1 aromatic heterocycles. The Bertz CT molecular complexity index is 508. The third-order valence-electron chi connectivity index (χ3n) is 1.90. The summed E-state index contributed by atoms with van der Waals surface area (Å²) in [7, 11) is 0. The quantitative estimate of drug-likeness (QED) is 0.707. The Kier molecular flexibility index (Phi) is 2.29. The minimum Gasteiger partial charge on any atom is -0.298 e. The number of carbonyl (C=O) groups is 1. The third kappa shape index (κ3) is 1.76. The second-order valence-corrected chi connectivity index (χ2v) is 2.93. The number of rotatable bonds is 2. The molecule has 0 bridgehead atoms. The zero-order valence-corrected chi connectivity index (χ0v) is 7.52. The number of carbonyl (C=O) groups excluding carboxylic acids is 1. The fourth-order valence-electron chi connectivity index (χ4n) is 1.20. The highest BCUT2D eigenvalue weighted by molar-refractivity contribution is 5.73. The van der Waals surface area contributed by atoms with E-state index in [0.717, 1.165) is 12.1 Å². The fourth-order valence-corrected chi connectivity index (χ4v) is 1.20. The van der Waals surface area contributed by atoms with Crippen molar-refractivity contribution >= 4 is 6.29 Å². The molecule has 0 unspecified atom stereocenters. The minimum absolute atomic E-state index is 0.101. The summed E-state index contributed by atoms with van der Waals surface area (Å²) in [6, 6.07) is 3.14. The molecule has 0 N–H and O–H groups in total. The average Bonchev–Trinajstić information content (AvgIpc) is 2.66. The van der Waals surface area contributed by atoms with Gasteiger partial charge in [0.2, 0.25) is 0 Å². The highest BCUT2D eigenvalue weighted by Gasteiger charge is 2.07. The number of aldehydes is 1. The zero-order chi connectivity index (χ0) is 10.8. The first-order valence-corrected chi connectivity index (χ1v) is 4.16. The standard InChI is InChI=1S/C10H6F2N2O/c11-8-1-2-10(9(12)3-8)14-5-7(6-15)4-13-14/h1-6H. The summed E-state index contributed by atoms with van der Waals surface area (Å²) in [6.07, 6.45) is 3.27. The van der Waals surface area contributed by atoms with Gasteiger partial charge in [0.15, 0.2) is 12.1 Å². The molecule has 0 fully saturated rings. The molecule has 0 aliphatic rings. The second kappa shape index (κ2) is 3.61. The van der Waals surface area contributed by atoms with Gasteiger partial charge in [0.25, 0.3) is 0 Å². The molecular formula is C10H6F2N2O. The van der Waals surface area contributed by atoms with E-state index in [1.54, 1.807) is 0 Å². The molecule has 76 valence electrons. The number of hydrogen-bond acceptors (Lipinski definition) is 2. The molecule has 0 atom stereocenters. The van der Waals surface area contributed by atoms with Crippen molar-refractivity contribution in [3.8, 4) is 5.69 Å². The van der Waals surface area contributed by atoms with Crippen LogP contribution in [0.5, 0.6) is 0 Å². The van der Waals surface area contributed by atoms with E-state index in [9.17, 15) is 13.6 Å². The summed E-state index contributed by atoms with van der Waals surface area (Å²) in [5.74, 6) is -1.38. The molecule has 3 nitrogen and oxygen atoms in total. The van der Waals surface area contributed by atoms with Gasteiger partial charge in [-0.15, -0.1) is 0 Å². The van der Waals surface area contributed by atoms with Gasteiger partial charge in [0.1, 0.15) is 11.5 Å². The fraction of sp³-hybridized carbons (Fsp3) is 0. The Balaban J connectivity index is 2.49. The summed E-state index contributed by atoms with van der Waals surface area (Å²) in [5, 5.41) is 3.77. The van der Waals surface area contributed by atoms with Crippen LogP contribution in [0.3, 0.4) is 0 Å². The zero-order valence-electron chi connectivity index (χ0n) is 7.52. The molecule has 2 rings (SSSR count). The van der Waals surface area contributed by atoms with Gasteiger partial charge in [0, 0.05) is 12.3 Å². The van der Waals surface area contributed by atoms with E-state index in [1.807, 2.05) is 0 Å². The average molecular weight is 208 g/mol. The van der Waals surface area contributed by atoms with Crippen molar-refractivity contribution in [2.24, 2.45) is 0 Å². The Hall–Kier alpha value is -2.04. The third-order valence-corrected chi connectivity index (χ3v) is 1.90. The Morgan fingerprint density at radius 3 is 2.73 bits per heavy atom. The van der Waals surface area contributed by atoms with Crippen LogP contribution < -0.4 is 0 Å². The Morgan fingerprint density at radius 2 is 2.13 bits per heavy atom. The molecule has 0 saturated heterocycles. The summed E-state index contributed by atoms with van der Waals surface area (Å²) in [4.78, 5) is 10.4. The van der Waals surface area contributed by atoms with Crippen molar-refractivity contribution in [3.63, 3.8) is 0 Å². The van der Waals surface area contributed by atoms with Gasteiger partial charge in [-0.1, -0.05) is 0 Å². The minimum atomic E-state index is -0.726. The highest BCUT2D eigenvalue weighted by Crippen LogP contribution is 2.13. The molecular weight excluding hydrogens is 202 g/mol. The maximum absolute atomic E-state index is 13.3. The second-order valence-electron chi connectivity index (χ2n) is 2.93. The molecule has 1 aromatic carbocycles. The van der Waals surface area contributed by atoms with Gasteiger partial charge >= 0.3 is 0 Å². The number of nitrogens with zero attached hydrogens (tertiary/aromatic N) is 2. The Labute approximate surface area is 84.0 Å². The van der Waals surface area contributed by atoms with Crippen LogP contribution in [-0.2, 0) is 0 Å². The van der Waals surface area contributed by atoms with E-state index in [1.165, 1.54) is 23.1 Å². The summed E-state index contributed by atoms with van der Waals surface area (Å²) < 4.78 is 27.0. The lowest BCUT2D eigenvalue weighted by Crippen LogP contribution is -1.98. The van der Waals surface area contributed by atoms with E-state index < -0.39 is 11.6 Å². The number of halogens is 2. The molecule has 0 amide bonds. The van der Waals surface area contributed by atoms with E-state index in [2.05, 4.69) is 5.10 Å². The molecule has 1 heterocycles. The number of hydrogen-bond donors (Lipinski definition) is 0. The predicted molar refractivity (Wildman–Crippen MR) is 48.9 cm³/mol. The first-order chi connectivity index (χ1) is 7.20. The van der Waals surface area contributed by atoms with E-state index in [0.29, 0.717) is 11.8 Å². The van der Waals surface area contributed by atoms with Crippen LogP contribution >= 0.6 is 0 Å². The van der Waals surface area contributed by atoms with Crippen molar-refractivity contribution in [1.82, 2.24) is 9.78 Å². The van der Waals surface area contributed by atoms with Crippen molar-refractivity contribution in [1.29, 1.82) is 0 Å². The summed E-state index contributed by atoms with van der Waals surface area (Å²) in [6.45, 7) is 0. The summed E-state index contributed by atoms with van der Waals surface area (Å²) in [5.41, 5.74) is 0.434. The van der Waals surface area contributed by atoms with Gasteiger partial charge < -0.3 is 0 Å². The molecule has 0 aliphatic carbocycles. The first kappa shape index (κ1) is 9.51. The van der Waals surface area contributed by atoms with Crippen molar-refractivity contribution < 1.29 is 13.6 Å². The van der Waals surface area contributed by atoms with Gasteiger partial charge in [-0.25, -0.2) is 13.5 Å². The molecule has 0 saturated carbocycles. The lowest BCUT2D eigenvalue weighted by atomic mass is 10.3. The molecule has 0 spiro atoms.